The van der Waals surface area contributed by atoms with Crippen molar-refractivity contribution in [2.45, 2.75) is 46.2 Å². The molecule has 0 spiro atoms. The number of nitrogens with zero attached hydrogens (tertiary/aromatic N) is 2. The average molecular weight is 571 g/mol. The van der Waals surface area contributed by atoms with E-state index in [1.165, 1.54) is 24.1 Å². The molecule has 1 aromatic heterocycles. The Kier molecular flexibility index (Phi) is 10.8. The van der Waals surface area contributed by atoms with Crippen LogP contribution >= 0.6 is 11.6 Å². The van der Waals surface area contributed by atoms with Crippen LogP contribution in [0.25, 0.3) is 10.8 Å². The number of carbonyl (C=O) groups is 3. The highest BCUT2D eigenvalue weighted by Crippen LogP contribution is 2.20. The van der Waals surface area contributed by atoms with Crippen LogP contribution in [-0.2, 0) is 20.9 Å². The second-order valence-electron chi connectivity index (χ2n) is 10.2. The molecule has 1 heterocycles. The van der Waals surface area contributed by atoms with Crippen LogP contribution in [0.2, 0.25) is 5.02 Å². The first kappa shape index (κ1) is 30.8. The average Bonchev–Trinajstić information content (AvgIpc) is 2.90. The zero-order valence-corrected chi connectivity index (χ0v) is 23.6. The molecule has 0 saturated carbocycles. The maximum atomic E-state index is 13.9. The van der Waals surface area contributed by atoms with Gasteiger partial charge in [-0.05, 0) is 41.8 Å². The smallest absolute Gasteiger partial charge is 0.412 e. The number of nitrogens with one attached hydrogen (secondary N) is 3. The molecule has 2 aromatic carbocycles. The van der Waals surface area contributed by atoms with E-state index in [0.29, 0.717) is 17.9 Å². The number of aromatic nitrogens is 1. The standard InChI is InChI=1S/C29H34ClFN5O4/c1-19(37)36(34-16-22-10-7-11-24(31)27(22)30)23(12-13-26(38)33-18-29(2,3)4)17-40-28(39)35-25-14-20-8-5-6-9-21(20)15-32-25/h5-11,14-15,23,34H,2,12-13,16-18H2,1,3-4H3,(H,33,38)(H,32,35,39)/t23-/m0/s1. The number of hydrazine groups is 1. The molecule has 0 aliphatic rings. The number of halogens is 2. The van der Waals surface area contributed by atoms with Gasteiger partial charge in [0, 0.05) is 38.0 Å². The van der Waals surface area contributed by atoms with Crippen LogP contribution in [-0.4, -0.2) is 47.1 Å². The fraction of sp³-hybridized carbons (Fsp3) is 0.345. The van der Waals surface area contributed by atoms with Gasteiger partial charge < -0.3 is 10.1 Å². The Balaban J connectivity index is 1.69. The fourth-order valence-electron chi connectivity index (χ4n) is 3.83. The SMILES string of the molecule is [CH2]C(C)(C)CNC(=O)CC[C@@H](COC(=O)Nc1cc2ccccc2cn1)N(NCc1cccc(F)c1Cl)C(C)=O. The van der Waals surface area contributed by atoms with E-state index in [1.54, 1.807) is 18.3 Å². The number of amides is 3. The summed E-state index contributed by atoms with van der Waals surface area (Å²) in [6.07, 6.45) is 1.10. The molecule has 0 aliphatic carbocycles. The molecule has 0 unspecified atom stereocenters. The van der Waals surface area contributed by atoms with E-state index >= 15 is 0 Å². The molecule has 0 fully saturated rings. The van der Waals surface area contributed by atoms with Gasteiger partial charge in [0.15, 0.2) is 0 Å². The first-order valence-corrected chi connectivity index (χ1v) is 13.2. The largest absolute Gasteiger partial charge is 0.447 e. The monoisotopic (exact) mass is 570 g/mol. The van der Waals surface area contributed by atoms with Crippen molar-refractivity contribution < 1.29 is 23.5 Å². The molecule has 3 aromatic rings. The van der Waals surface area contributed by atoms with E-state index in [2.05, 4.69) is 28.0 Å². The zero-order valence-electron chi connectivity index (χ0n) is 22.8. The van der Waals surface area contributed by atoms with Crippen LogP contribution in [0.3, 0.4) is 0 Å². The van der Waals surface area contributed by atoms with Crippen molar-refractivity contribution in [3.63, 3.8) is 0 Å². The van der Waals surface area contributed by atoms with Crippen molar-refractivity contribution >= 4 is 46.1 Å². The highest BCUT2D eigenvalue weighted by Gasteiger charge is 2.25. The quantitative estimate of drug-likeness (QED) is 0.256. The van der Waals surface area contributed by atoms with Gasteiger partial charge >= 0.3 is 6.09 Å². The Morgan fingerprint density at radius 3 is 2.58 bits per heavy atom. The summed E-state index contributed by atoms with van der Waals surface area (Å²) in [6, 6.07) is 12.9. The molecule has 3 N–H and O–H groups in total. The molecule has 213 valence electrons. The first-order valence-electron chi connectivity index (χ1n) is 12.8. The molecule has 9 nitrogen and oxygen atoms in total. The minimum atomic E-state index is -0.771. The molecule has 0 saturated heterocycles. The van der Waals surface area contributed by atoms with Crippen molar-refractivity contribution in [1.29, 1.82) is 0 Å². The molecule has 0 bridgehead atoms. The van der Waals surface area contributed by atoms with Crippen LogP contribution in [0.1, 0.15) is 39.2 Å². The summed E-state index contributed by atoms with van der Waals surface area (Å²) >= 11 is 6.07. The highest BCUT2D eigenvalue weighted by atomic mass is 35.5. The fourth-order valence-corrected chi connectivity index (χ4v) is 4.02. The van der Waals surface area contributed by atoms with E-state index in [1.807, 2.05) is 38.1 Å². The van der Waals surface area contributed by atoms with E-state index in [0.717, 1.165) is 10.8 Å². The maximum Gasteiger partial charge on any atom is 0.412 e. The summed E-state index contributed by atoms with van der Waals surface area (Å²) < 4.78 is 19.3. The molecule has 1 atom stereocenters. The van der Waals surface area contributed by atoms with E-state index < -0.39 is 23.9 Å². The number of anilines is 1. The molecule has 0 aliphatic heterocycles. The molecule has 11 heteroatoms. The van der Waals surface area contributed by atoms with E-state index in [4.69, 9.17) is 16.3 Å². The second-order valence-corrected chi connectivity index (χ2v) is 10.6. The Hall–Kier alpha value is -3.76. The van der Waals surface area contributed by atoms with Gasteiger partial charge in [0.2, 0.25) is 11.8 Å². The van der Waals surface area contributed by atoms with Gasteiger partial charge in [0.1, 0.15) is 18.2 Å². The number of ether oxygens (including phenoxy) is 1. The summed E-state index contributed by atoms with van der Waals surface area (Å²) in [4.78, 5) is 41.9. The predicted molar refractivity (Wildman–Crippen MR) is 153 cm³/mol. The number of pyridine rings is 1. The Bertz CT molecular complexity index is 1350. The molecular weight excluding hydrogens is 537 g/mol. The van der Waals surface area contributed by atoms with Gasteiger partial charge in [-0.2, -0.15) is 0 Å². The zero-order chi connectivity index (χ0) is 29.3. The third-order valence-electron chi connectivity index (χ3n) is 5.91. The summed E-state index contributed by atoms with van der Waals surface area (Å²) in [5.41, 5.74) is 3.03. The number of benzene rings is 2. The Morgan fingerprint density at radius 2 is 1.88 bits per heavy atom. The van der Waals surface area contributed by atoms with Crippen LogP contribution in [0, 0.1) is 18.2 Å². The van der Waals surface area contributed by atoms with Crippen molar-refractivity contribution in [1.82, 2.24) is 20.7 Å². The lowest BCUT2D eigenvalue weighted by Gasteiger charge is -2.31. The Morgan fingerprint density at radius 1 is 1.15 bits per heavy atom. The number of hydrogen-bond acceptors (Lipinski definition) is 6. The predicted octanol–water partition coefficient (Wildman–Crippen LogP) is 5.25. The number of rotatable bonds is 12. The van der Waals surface area contributed by atoms with Gasteiger partial charge in [-0.15, -0.1) is 0 Å². The van der Waals surface area contributed by atoms with Gasteiger partial charge in [0.25, 0.3) is 0 Å². The van der Waals surface area contributed by atoms with Crippen molar-refractivity contribution in [3.8, 4) is 0 Å². The molecule has 3 rings (SSSR count). The van der Waals surface area contributed by atoms with E-state index in [9.17, 15) is 18.8 Å². The van der Waals surface area contributed by atoms with Crippen LogP contribution in [0.4, 0.5) is 15.0 Å². The van der Waals surface area contributed by atoms with Gasteiger partial charge in [-0.1, -0.05) is 61.8 Å². The van der Waals surface area contributed by atoms with Crippen LogP contribution < -0.4 is 16.1 Å². The van der Waals surface area contributed by atoms with Gasteiger partial charge in [-0.3, -0.25) is 19.9 Å². The minimum Gasteiger partial charge on any atom is -0.447 e. The topological polar surface area (TPSA) is 113 Å². The second kappa shape index (κ2) is 14.0. The summed E-state index contributed by atoms with van der Waals surface area (Å²) in [5, 5.41) is 8.42. The van der Waals surface area contributed by atoms with Gasteiger partial charge in [0.05, 0.1) is 11.1 Å². The van der Waals surface area contributed by atoms with Crippen molar-refractivity contribution in [3.05, 3.63) is 78.1 Å². The minimum absolute atomic E-state index is 0.0295. The number of hydrogen-bond donors (Lipinski definition) is 3. The summed E-state index contributed by atoms with van der Waals surface area (Å²) in [7, 11) is 0. The summed E-state index contributed by atoms with van der Waals surface area (Å²) in [6.45, 7) is 9.27. The summed E-state index contributed by atoms with van der Waals surface area (Å²) in [5.74, 6) is -0.905. The third-order valence-corrected chi connectivity index (χ3v) is 6.34. The van der Waals surface area contributed by atoms with Gasteiger partial charge in [-0.25, -0.2) is 19.6 Å². The highest BCUT2D eigenvalue weighted by molar-refractivity contribution is 6.31. The molecule has 40 heavy (non-hydrogen) atoms. The Labute approximate surface area is 238 Å². The maximum absolute atomic E-state index is 13.9. The molecule has 1 radical (unpaired) electrons. The van der Waals surface area contributed by atoms with Crippen molar-refractivity contribution in [2.24, 2.45) is 5.41 Å². The lowest BCUT2D eigenvalue weighted by Crippen LogP contribution is -2.51. The third kappa shape index (κ3) is 9.46. The normalized spacial score (nSPS) is 12.1. The molecular formula is C29H34ClFN5O4. The first-order chi connectivity index (χ1) is 18.9. The van der Waals surface area contributed by atoms with Crippen LogP contribution in [0.15, 0.2) is 54.7 Å². The van der Waals surface area contributed by atoms with Crippen LogP contribution in [0.5, 0.6) is 0 Å². The van der Waals surface area contributed by atoms with E-state index in [-0.39, 0.29) is 42.3 Å². The number of fused-ring (bicyclic) bond motifs is 1. The molecule has 3 amide bonds. The van der Waals surface area contributed by atoms with Crippen molar-refractivity contribution in [2.75, 3.05) is 18.5 Å². The number of carbonyl (C=O) groups excluding carboxylic acids is 3. The lowest BCUT2D eigenvalue weighted by molar-refractivity contribution is -0.137. The lowest BCUT2D eigenvalue weighted by atomic mass is 9.97.